The summed E-state index contributed by atoms with van der Waals surface area (Å²) in [5, 5.41) is 13.5. The summed E-state index contributed by atoms with van der Waals surface area (Å²) >= 11 is 1.55. The number of ether oxygens (including phenoxy) is 1. The van der Waals surface area contributed by atoms with E-state index < -0.39 is 0 Å². The van der Waals surface area contributed by atoms with Gasteiger partial charge in [-0.05, 0) is 28.5 Å². The molecule has 3 nitrogen and oxygen atoms in total. The van der Waals surface area contributed by atoms with Crippen molar-refractivity contribution in [2.24, 2.45) is 0 Å². The molecule has 1 N–H and O–H groups in total. The van der Waals surface area contributed by atoms with Crippen molar-refractivity contribution >= 4 is 73.5 Å². The van der Waals surface area contributed by atoms with E-state index in [1.54, 1.807) is 18.4 Å². The van der Waals surface area contributed by atoms with Crippen LogP contribution in [0.15, 0.2) is 66.7 Å². The van der Waals surface area contributed by atoms with Gasteiger partial charge < -0.3 is 9.84 Å². The van der Waals surface area contributed by atoms with Crippen LogP contribution in [0, 0.1) is 0 Å². The minimum atomic E-state index is 0. The van der Waals surface area contributed by atoms with Crippen LogP contribution in [0.5, 0.6) is 11.6 Å². The molecule has 0 bridgehead atoms. The van der Waals surface area contributed by atoms with E-state index in [-0.39, 0.29) is 63.2 Å². The molecule has 4 aromatic rings. The van der Waals surface area contributed by atoms with Gasteiger partial charge in [0.2, 0.25) is 5.88 Å². The maximum absolute atomic E-state index is 10.4. The molecule has 1 aromatic heterocycles. The quantitative estimate of drug-likeness (QED) is 0.479. The number of methoxy groups -OCH3 is 1. The number of fused-ring (bicyclic) bond motifs is 1. The van der Waals surface area contributed by atoms with Crippen LogP contribution in [0.3, 0.4) is 0 Å². The average Bonchev–Trinajstić information content (AvgIpc) is 3.09. The molecule has 0 spiro atoms. The van der Waals surface area contributed by atoms with Gasteiger partial charge in [-0.3, -0.25) is 0 Å². The van der Waals surface area contributed by atoms with Crippen LogP contribution >= 0.6 is 11.3 Å². The van der Waals surface area contributed by atoms with Gasteiger partial charge in [0.25, 0.3) is 0 Å². The zero-order valence-electron chi connectivity index (χ0n) is 14.6. The number of hydrogen-bond acceptors (Lipinski definition) is 4. The molecule has 0 aliphatic carbocycles. The second kappa shape index (κ2) is 8.86. The SMILES string of the molecule is COc1ccc2cc(C(C)c3sc(-c4ccccc4)nc3O)ccc2c1.[KH]. The number of thiazole rings is 1. The summed E-state index contributed by atoms with van der Waals surface area (Å²) in [6, 6.07) is 22.4. The predicted molar refractivity (Wildman–Crippen MR) is 114 cm³/mol. The van der Waals surface area contributed by atoms with Crippen molar-refractivity contribution in [1.82, 2.24) is 4.98 Å². The molecule has 0 saturated heterocycles. The summed E-state index contributed by atoms with van der Waals surface area (Å²) in [6.07, 6.45) is 0. The molecule has 0 fully saturated rings. The predicted octanol–water partition coefficient (Wildman–Crippen LogP) is 5.18. The van der Waals surface area contributed by atoms with Gasteiger partial charge >= 0.3 is 51.4 Å². The van der Waals surface area contributed by atoms with Crippen molar-refractivity contribution in [3.05, 3.63) is 77.2 Å². The van der Waals surface area contributed by atoms with Crippen LogP contribution in [0.1, 0.15) is 23.3 Å². The monoisotopic (exact) mass is 401 g/mol. The van der Waals surface area contributed by atoms with Crippen LogP contribution in [-0.2, 0) is 0 Å². The Bertz CT molecular complexity index is 1060. The molecule has 132 valence electrons. The zero-order chi connectivity index (χ0) is 18.1. The summed E-state index contributed by atoms with van der Waals surface area (Å²) in [7, 11) is 1.68. The Morgan fingerprint density at radius 2 is 1.67 bits per heavy atom. The van der Waals surface area contributed by atoms with Gasteiger partial charge in [0.05, 0.1) is 12.0 Å². The van der Waals surface area contributed by atoms with E-state index in [9.17, 15) is 5.11 Å². The molecule has 1 atom stereocenters. The molecule has 1 unspecified atom stereocenters. The van der Waals surface area contributed by atoms with Crippen LogP contribution < -0.4 is 4.74 Å². The second-order valence-electron chi connectivity index (χ2n) is 6.27. The van der Waals surface area contributed by atoms with Crippen molar-refractivity contribution in [1.29, 1.82) is 0 Å². The summed E-state index contributed by atoms with van der Waals surface area (Å²) < 4.78 is 5.29. The van der Waals surface area contributed by atoms with Gasteiger partial charge in [0, 0.05) is 11.5 Å². The number of rotatable bonds is 4. The molecule has 0 aliphatic rings. The first-order valence-corrected chi connectivity index (χ1v) is 9.30. The Morgan fingerprint density at radius 1 is 0.963 bits per heavy atom. The first kappa shape index (κ1) is 20.5. The molecular weight excluding hydrogens is 381 g/mol. The molecule has 0 aliphatic heterocycles. The fraction of sp³-hybridized carbons (Fsp3) is 0.136. The summed E-state index contributed by atoms with van der Waals surface area (Å²) in [5.74, 6) is 1.04. The van der Waals surface area contributed by atoms with Crippen LogP contribution in [-0.4, -0.2) is 68.6 Å². The normalized spacial score (nSPS) is 11.8. The van der Waals surface area contributed by atoms with Gasteiger partial charge in [-0.1, -0.05) is 61.5 Å². The standard InChI is InChI=1S/C22H19NO2S.K.H/c1-14(16-8-9-18-13-19(25-2)11-10-17(18)12-16)20-21(24)23-22(26-20)15-6-4-3-5-7-15;;/h3-14,24H,1-2H3;;. The van der Waals surface area contributed by atoms with Crippen molar-refractivity contribution in [3.8, 4) is 22.2 Å². The Morgan fingerprint density at radius 3 is 2.41 bits per heavy atom. The van der Waals surface area contributed by atoms with Crippen molar-refractivity contribution in [3.63, 3.8) is 0 Å². The van der Waals surface area contributed by atoms with Gasteiger partial charge in [-0.2, -0.15) is 0 Å². The van der Waals surface area contributed by atoms with Gasteiger partial charge in [0.1, 0.15) is 10.8 Å². The number of aromatic hydroxyl groups is 1. The Kier molecular flexibility index (Phi) is 6.73. The number of aromatic nitrogens is 1. The van der Waals surface area contributed by atoms with Crippen LogP contribution in [0.4, 0.5) is 0 Å². The maximum atomic E-state index is 10.4. The Balaban J connectivity index is 0.00000210. The number of hydrogen-bond donors (Lipinski definition) is 1. The Labute approximate surface area is 205 Å². The van der Waals surface area contributed by atoms with E-state index in [1.807, 2.05) is 42.5 Å². The van der Waals surface area contributed by atoms with E-state index in [1.165, 1.54) is 0 Å². The fourth-order valence-electron chi connectivity index (χ4n) is 3.10. The molecular formula is C22H20KNO2S. The molecule has 0 saturated carbocycles. The third-order valence-electron chi connectivity index (χ3n) is 4.62. The molecule has 0 amide bonds. The third kappa shape index (κ3) is 4.29. The molecule has 4 rings (SSSR count). The fourth-order valence-corrected chi connectivity index (χ4v) is 4.14. The van der Waals surface area contributed by atoms with Gasteiger partial charge in [-0.25, -0.2) is 4.98 Å². The molecule has 27 heavy (non-hydrogen) atoms. The third-order valence-corrected chi connectivity index (χ3v) is 5.90. The second-order valence-corrected chi connectivity index (χ2v) is 7.30. The van der Waals surface area contributed by atoms with E-state index in [0.29, 0.717) is 0 Å². The first-order valence-electron chi connectivity index (χ1n) is 8.48. The summed E-state index contributed by atoms with van der Waals surface area (Å²) in [6.45, 7) is 2.10. The van der Waals surface area contributed by atoms with Crippen molar-refractivity contribution in [2.45, 2.75) is 12.8 Å². The van der Waals surface area contributed by atoms with E-state index in [2.05, 4.69) is 36.2 Å². The van der Waals surface area contributed by atoms with E-state index in [0.717, 1.165) is 37.5 Å². The number of nitrogens with zero attached hydrogens (tertiary/aromatic N) is 1. The Hall–Kier alpha value is -1.21. The first-order chi connectivity index (χ1) is 12.7. The van der Waals surface area contributed by atoms with Crippen LogP contribution in [0.25, 0.3) is 21.3 Å². The van der Waals surface area contributed by atoms with E-state index in [4.69, 9.17) is 4.74 Å². The number of benzene rings is 3. The molecule has 3 aromatic carbocycles. The summed E-state index contributed by atoms with van der Waals surface area (Å²) in [4.78, 5) is 5.26. The van der Waals surface area contributed by atoms with Gasteiger partial charge in [0.15, 0.2) is 0 Å². The molecule has 1 heterocycles. The minimum absolute atomic E-state index is 0. The van der Waals surface area contributed by atoms with Crippen molar-refractivity contribution < 1.29 is 9.84 Å². The molecule has 0 radical (unpaired) electrons. The topological polar surface area (TPSA) is 42.4 Å². The molecule has 5 heteroatoms. The average molecular weight is 402 g/mol. The van der Waals surface area contributed by atoms with Crippen LogP contribution in [0.2, 0.25) is 0 Å². The zero-order valence-corrected chi connectivity index (χ0v) is 15.5. The summed E-state index contributed by atoms with van der Waals surface area (Å²) in [5.41, 5.74) is 2.18. The van der Waals surface area contributed by atoms with Gasteiger partial charge in [-0.15, -0.1) is 11.3 Å². The van der Waals surface area contributed by atoms with E-state index >= 15 is 0 Å². The van der Waals surface area contributed by atoms with Crippen molar-refractivity contribution in [2.75, 3.05) is 7.11 Å².